The number of benzene rings is 2. The predicted octanol–water partition coefficient (Wildman–Crippen LogP) is 2.88. The topological polar surface area (TPSA) is 57.7 Å². The number of likely N-dealkylation sites (tertiary alicyclic amines) is 2. The highest BCUT2D eigenvalue weighted by Gasteiger charge is 2.57. The Balaban J connectivity index is 1.61. The van der Waals surface area contributed by atoms with Crippen LogP contribution >= 0.6 is 0 Å². The van der Waals surface area contributed by atoms with Crippen LogP contribution in [0.1, 0.15) is 34.6 Å². The second-order valence-corrected chi connectivity index (χ2v) is 8.50. The van der Waals surface area contributed by atoms with Gasteiger partial charge in [0, 0.05) is 37.3 Å². The van der Waals surface area contributed by atoms with Gasteiger partial charge in [-0.25, -0.2) is 0 Å². The molecule has 5 nitrogen and oxygen atoms in total. The Kier molecular flexibility index (Phi) is 4.33. The number of carbonyl (C=O) groups excluding carboxylic acids is 3. The molecule has 4 rings (SSSR count). The van der Waals surface area contributed by atoms with E-state index in [1.54, 1.807) is 34.1 Å². The SMILES string of the molecule is CC12CN(C(=O)c3ccccc3)CC(C)(CN(C(=O)c3ccccc3)C1)C2=O. The standard InChI is InChI=1S/C23H24N2O3/c1-22-13-24(19(26)17-9-5-3-6-10-17)15-23(2,21(22)28)16-25(14-22)20(27)18-11-7-4-8-12-18/h3-12H,13-16H2,1-2H3. The largest absolute Gasteiger partial charge is 0.337 e. The average Bonchev–Trinajstić information content (AvgIpc) is 2.70. The zero-order chi connectivity index (χ0) is 19.9. The summed E-state index contributed by atoms with van der Waals surface area (Å²) < 4.78 is 0. The third kappa shape index (κ3) is 3.01. The van der Waals surface area contributed by atoms with Crippen LogP contribution in [-0.4, -0.2) is 53.6 Å². The Bertz CT molecular complexity index is 836. The molecule has 0 aromatic heterocycles. The molecule has 28 heavy (non-hydrogen) atoms. The number of Topliss-reactive ketones (excluding diaryl/α,β-unsaturated/α-hetero) is 1. The summed E-state index contributed by atoms with van der Waals surface area (Å²) in [6, 6.07) is 18.3. The van der Waals surface area contributed by atoms with Crippen molar-refractivity contribution in [3.8, 4) is 0 Å². The van der Waals surface area contributed by atoms with Crippen LogP contribution in [0.25, 0.3) is 0 Å². The molecule has 2 saturated heterocycles. The minimum Gasteiger partial charge on any atom is -0.337 e. The molecule has 2 amide bonds. The van der Waals surface area contributed by atoms with Gasteiger partial charge in [-0.15, -0.1) is 0 Å². The van der Waals surface area contributed by atoms with Crippen molar-refractivity contribution in [3.05, 3.63) is 71.8 Å². The molecule has 0 radical (unpaired) electrons. The molecule has 2 heterocycles. The average molecular weight is 376 g/mol. The first-order valence-corrected chi connectivity index (χ1v) is 9.56. The Morgan fingerprint density at radius 3 is 1.32 bits per heavy atom. The highest BCUT2D eigenvalue weighted by Crippen LogP contribution is 2.43. The van der Waals surface area contributed by atoms with E-state index in [1.807, 2.05) is 50.2 Å². The molecule has 0 aliphatic carbocycles. The molecule has 0 N–H and O–H groups in total. The van der Waals surface area contributed by atoms with Gasteiger partial charge in [-0.2, -0.15) is 0 Å². The second-order valence-electron chi connectivity index (χ2n) is 8.50. The van der Waals surface area contributed by atoms with Gasteiger partial charge in [0.1, 0.15) is 0 Å². The van der Waals surface area contributed by atoms with E-state index in [0.717, 1.165) is 0 Å². The van der Waals surface area contributed by atoms with Crippen molar-refractivity contribution in [2.75, 3.05) is 26.2 Å². The predicted molar refractivity (Wildman–Crippen MR) is 106 cm³/mol. The van der Waals surface area contributed by atoms with Crippen LogP contribution < -0.4 is 0 Å². The summed E-state index contributed by atoms with van der Waals surface area (Å²) in [7, 11) is 0. The quantitative estimate of drug-likeness (QED) is 0.810. The van der Waals surface area contributed by atoms with Crippen LogP contribution in [0.5, 0.6) is 0 Å². The lowest BCUT2D eigenvalue weighted by molar-refractivity contribution is -0.153. The zero-order valence-corrected chi connectivity index (χ0v) is 16.2. The maximum atomic E-state index is 13.2. The van der Waals surface area contributed by atoms with Gasteiger partial charge < -0.3 is 9.80 Å². The van der Waals surface area contributed by atoms with Crippen molar-refractivity contribution in [1.29, 1.82) is 0 Å². The van der Waals surface area contributed by atoms with Crippen molar-refractivity contribution in [2.45, 2.75) is 13.8 Å². The molecular weight excluding hydrogens is 352 g/mol. The molecular formula is C23H24N2O3. The molecule has 2 aromatic rings. The summed E-state index contributed by atoms with van der Waals surface area (Å²) in [6.07, 6.45) is 0. The Labute approximate surface area is 164 Å². The van der Waals surface area contributed by atoms with E-state index >= 15 is 0 Å². The second kappa shape index (κ2) is 6.59. The zero-order valence-electron chi connectivity index (χ0n) is 16.2. The van der Waals surface area contributed by atoms with Crippen LogP contribution in [0.4, 0.5) is 0 Å². The van der Waals surface area contributed by atoms with Crippen molar-refractivity contribution in [3.63, 3.8) is 0 Å². The third-order valence-electron chi connectivity index (χ3n) is 5.87. The Hall–Kier alpha value is -2.95. The lowest BCUT2D eigenvalue weighted by Gasteiger charge is -2.55. The van der Waals surface area contributed by atoms with E-state index in [-0.39, 0.29) is 17.6 Å². The summed E-state index contributed by atoms with van der Waals surface area (Å²) in [6.45, 7) is 5.06. The number of nitrogens with zero attached hydrogens (tertiary/aromatic N) is 2. The summed E-state index contributed by atoms with van der Waals surface area (Å²) in [5, 5.41) is 0. The van der Waals surface area contributed by atoms with Gasteiger partial charge in [0.25, 0.3) is 11.8 Å². The van der Waals surface area contributed by atoms with E-state index in [0.29, 0.717) is 37.3 Å². The smallest absolute Gasteiger partial charge is 0.253 e. The molecule has 0 unspecified atom stereocenters. The van der Waals surface area contributed by atoms with E-state index in [2.05, 4.69) is 0 Å². The number of rotatable bonds is 2. The van der Waals surface area contributed by atoms with Gasteiger partial charge in [-0.1, -0.05) is 36.4 Å². The van der Waals surface area contributed by atoms with Crippen molar-refractivity contribution in [1.82, 2.24) is 9.80 Å². The third-order valence-corrected chi connectivity index (χ3v) is 5.87. The van der Waals surface area contributed by atoms with Gasteiger partial charge in [0.05, 0.1) is 10.8 Å². The number of ketones is 1. The van der Waals surface area contributed by atoms with Crippen LogP contribution in [0, 0.1) is 10.8 Å². The van der Waals surface area contributed by atoms with E-state index in [1.165, 1.54) is 0 Å². The first kappa shape index (κ1) is 18.4. The first-order valence-electron chi connectivity index (χ1n) is 9.56. The van der Waals surface area contributed by atoms with E-state index in [4.69, 9.17) is 0 Å². The summed E-state index contributed by atoms with van der Waals surface area (Å²) in [5.74, 6) is 0.0241. The summed E-state index contributed by atoms with van der Waals surface area (Å²) in [4.78, 5) is 42.7. The van der Waals surface area contributed by atoms with Crippen LogP contribution in [0.2, 0.25) is 0 Å². The number of amides is 2. The number of carbonyl (C=O) groups is 3. The van der Waals surface area contributed by atoms with Crippen LogP contribution in [0.3, 0.4) is 0 Å². The fraction of sp³-hybridized carbons (Fsp3) is 0.348. The molecule has 0 saturated carbocycles. The van der Waals surface area contributed by atoms with Gasteiger partial charge in [0.15, 0.2) is 5.78 Å². The molecule has 2 bridgehead atoms. The molecule has 0 spiro atoms. The van der Waals surface area contributed by atoms with Crippen molar-refractivity contribution < 1.29 is 14.4 Å². The number of hydrogen-bond acceptors (Lipinski definition) is 3. The fourth-order valence-electron chi connectivity index (χ4n) is 4.73. The minimum atomic E-state index is -0.764. The number of piperidine rings is 2. The van der Waals surface area contributed by atoms with Gasteiger partial charge in [0.2, 0.25) is 0 Å². The van der Waals surface area contributed by atoms with Gasteiger partial charge >= 0.3 is 0 Å². The maximum Gasteiger partial charge on any atom is 0.253 e. The highest BCUT2D eigenvalue weighted by molar-refractivity contribution is 6.00. The monoisotopic (exact) mass is 376 g/mol. The molecule has 144 valence electrons. The Morgan fingerprint density at radius 1 is 0.679 bits per heavy atom. The van der Waals surface area contributed by atoms with Crippen molar-refractivity contribution in [2.24, 2.45) is 10.8 Å². The molecule has 5 heteroatoms. The van der Waals surface area contributed by atoms with Gasteiger partial charge in [-0.05, 0) is 38.1 Å². The summed E-state index contributed by atoms with van der Waals surface area (Å²) >= 11 is 0. The Morgan fingerprint density at radius 2 is 1.00 bits per heavy atom. The molecule has 2 aliphatic rings. The molecule has 0 atom stereocenters. The van der Waals surface area contributed by atoms with Crippen LogP contribution in [0.15, 0.2) is 60.7 Å². The first-order chi connectivity index (χ1) is 13.3. The van der Waals surface area contributed by atoms with Gasteiger partial charge in [-0.3, -0.25) is 14.4 Å². The maximum absolute atomic E-state index is 13.2. The molecule has 2 aliphatic heterocycles. The lowest BCUT2D eigenvalue weighted by Crippen LogP contribution is -2.69. The minimum absolute atomic E-state index is 0.0617. The van der Waals surface area contributed by atoms with Crippen molar-refractivity contribution >= 4 is 17.6 Å². The van der Waals surface area contributed by atoms with E-state index in [9.17, 15) is 14.4 Å². The number of hydrogen-bond donors (Lipinski definition) is 0. The lowest BCUT2D eigenvalue weighted by atomic mass is 9.64. The van der Waals surface area contributed by atoms with E-state index < -0.39 is 10.8 Å². The molecule has 2 fully saturated rings. The molecule has 2 aromatic carbocycles. The van der Waals surface area contributed by atoms with Crippen LogP contribution in [-0.2, 0) is 4.79 Å². The summed E-state index contributed by atoms with van der Waals surface area (Å²) in [5.41, 5.74) is -0.279. The fourth-order valence-corrected chi connectivity index (χ4v) is 4.73. The normalized spacial score (nSPS) is 26.9. The highest BCUT2D eigenvalue weighted by atomic mass is 16.2. The number of fused-ring (bicyclic) bond motifs is 2.